The zero-order valence-corrected chi connectivity index (χ0v) is 14.5. The molecule has 23 heavy (non-hydrogen) atoms. The molecule has 1 aliphatic carbocycles. The summed E-state index contributed by atoms with van der Waals surface area (Å²) in [6.45, 7) is 5.18. The Morgan fingerprint density at radius 3 is 2.78 bits per heavy atom. The molecule has 0 saturated heterocycles. The van der Waals surface area contributed by atoms with Gasteiger partial charge in [0.15, 0.2) is 5.78 Å². The van der Waals surface area contributed by atoms with Crippen molar-refractivity contribution in [1.29, 1.82) is 0 Å². The molecule has 0 amide bonds. The summed E-state index contributed by atoms with van der Waals surface area (Å²) in [5, 5.41) is 9.14. The number of Topliss-reactive ketones (excluding diaryl/α,β-unsaturated/α-hetero) is 1. The summed E-state index contributed by atoms with van der Waals surface area (Å²) in [5.74, 6) is -1.25. The molecule has 1 aromatic carbocycles. The van der Waals surface area contributed by atoms with Crippen LogP contribution in [0.4, 0.5) is 0 Å². The number of nitrogens with zero attached hydrogens (tertiary/aromatic N) is 1. The molecule has 0 aliphatic heterocycles. The zero-order valence-electron chi connectivity index (χ0n) is 12.1. The van der Waals surface area contributed by atoms with E-state index in [-0.39, 0.29) is 16.7 Å². The maximum atomic E-state index is 12.6. The topological polar surface area (TPSA) is 76.4 Å². The molecule has 3 rings (SSSR count). The van der Waals surface area contributed by atoms with E-state index in [0.29, 0.717) is 10.2 Å². The number of carboxylic acids is 1. The van der Waals surface area contributed by atoms with E-state index >= 15 is 0 Å². The monoisotopic (exact) mass is 393 g/mol. The predicted octanol–water partition coefficient (Wildman–Crippen LogP) is 1.05. The van der Waals surface area contributed by atoms with E-state index in [1.54, 1.807) is 0 Å². The van der Waals surface area contributed by atoms with Crippen molar-refractivity contribution >= 4 is 51.2 Å². The lowest BCUT2D eigenvalue weighted by Crippen LogP contribution is -2.37. The van der Waals surface area contributed by atoms with Gasteiger partial charge < -0.3 is 5.11 Å². The number of ketones is 1. The lowest BCUT2D eigenvalue weighted by molar-refractivity contribution is -0.140. The van der Waals surface area contributed by atoms with E-state index in [1.165, 1.54) is 6.92 Å². The van der Waals surface area contributed by atoms with Crippen molar-refractivity contribution in [3.05, 3.63) is 53.3 Å². The van der Waals surface area contributed by atoms with Gasteiger partial charge in [-0.05, 0) is 30.2 Å². The van der Waals surface area contributed by atoms with Crippen LogP contribution in [0.25, 0.3) is 12.2 Å². The van der Waals surface area contributed by atoms with Crippen LogP contribution >= 0.6 is 27.3 Å². The third kappa shape index (κ3) is 2.49. The van der Waals surface area contributed by atoms with E-state index in [9.17, 15) is 14.4 Å². The largest absolute Gasteiger partial charge is 0.480 e. The fourth-order valence-electron chi connectivity index (χ4n) is 2.69. The fourth-order valence-corrected chi connectivity index (χ4v) is 4.14. The summed E-state index contributed by atoms with van der Waals surface area (Å²) in [5.41, 5.74) is 1.46. The smallest absolute Gasteiger partial charge is 0.326 e. The Morgan fingerprint density at radius 2 is 2.13 bits per heavy atom. The highest BCUT2D eigenvalue weighted by atomic mass is 79.9. The van der Waals surface area contributed by atoms with Crippen molar-refractivity contribution in [2.45, 2.75) is 19.4 Å². The maximum absolute atomic E-state index is 12.6. The molecule has 118 valence electrons. The van der Waals surface area contributed by atoms with Crippen molar-refractivity contribution in [1.82, 2.24) is 4.57 Å². The minimum atomic E-state index is -1.12. The highest BCUT2D eigenvalue weighted by Crippen LogP contribution is 2.30. The van der Waals surface area contributed by atoms with Crippen molar-refractivity contribution in [3.63, 3.8) is 0 Å². The number of benzene rings is 1. The summed E-state index contributed by atoms with van der Waals surface area (Å²) < 4.78 is 2.51. The molecule has 0 saturated carbocycles. The Hall–Kier alpha value is -1.99. The van der Waals surface area contributed by atoms with Crippen molar-refractivity contribution < 1.29 is 14.7 Å². The van der Waals surface area contributed by atoms with Crippen molar-refractivity contribution in [3.8, 4) is 0 Å². The molecule has 5 nitrogen and oxygen atoms in total. The quantitative estimate of drug-likeness (QED) is 0.827. The first-order valence-corrected chi connectivity index (χ1v) is 8.41. The van der Waals surface area contributed by atoms with Crippen LogP contribution in [-0.2, 0) is 16.0 Å². The van der Waals surface area contributed by atoms with Gasteiger partial charge in [0.25, 0.3) is 5.56 Å². The minimum absolute atomic E-state index is 0.133. The molecule has 0 radical (unpaired) electrons. The molecule has 1 aromatic heterocycles. The van der Waals surface area contributed by atoms with Crippen LogP contribution in [0.5, 0.6) is 0 Å². The summed E-state index contributed by atoms with van der Waals surface area (Å²) in [4.78, 5) is 36.2. The molecule has 7 heteroatoms. The van der Waals surface area contributed by atoms with E-state index in [4.69, 9.17) is 5.11 Å². The van der Waals surface area contributed by atoms with Gasteiger partial charge in [0, 0.05) is 16.5 Å². The van der Waals surface area contributed by atoms with Crippen molar-refractivity contribution in [2.24, 2.45) is 0 Å². The molecule has 1 N–H and O–H groups in total. The Bertz CT molecular complexity index is 1020. The number of carboxylic acid groups (broad SMARTS) is 1. The Balaban J connectivity index is 2.38. The van der Waals surface area contributed by atoms with Crippen molar-refractivity contribution in [2.75, 3.05) is 0 Å². The Morgan fingerprint density at radius 1 is 1.43 bits per heavy atom. The van der Waals surface area contributed by atoms with E-state index in [0.717, 1.165) is 31.5 Å². The molecule has 0 spiro atoms. The van der Waals surface area contributed by atoms with Crippen LogP contribution in [0.1, 0.15) is 24.1 Å². The number of aromatic nitrogens is 1. The zero-order chi connectivity index (χ0) is 16.9. The molecule has 1 aliphatic rings. The van der Waals surface area contributed by atoms with Crippen LogP contribution in [0, 0.1) is 0 Å². The number of halogens is 1. The number of hydrogen-bond acceptors (Lipinski definition) is 4. The fraction of sp³-hybridized carbons (Fsp3) is 0.188. The third-order valence-electron chi connectivity index (χ3n) is 3.84. The first-order valence-electron chi connectivity index (χ1n) is 6.80. The summed E-state index contributed by atoms with van der Waals surface area (Å²) in [7, 11) is 0. The number of fused-ring (bicyclic) bond motifs is 1. The van der Waals surface area contributed by atoms with Crippen LogP contribution in [-0.4, -0.2) is 21.4 Å². The summed E-state index contributed by atoms with van der Waals surface area (Å²) in [6, 6.07) is 4.48. The molecule has 1 atom stereocenters. The Kier molecular flexibility index (Phi) is 3.85. The number of hydrogen-bond donors (Lipinski definition) is 1. The summed E-state index contributed by atoms with van der Waals surface area (Å²) >= 11 is 4.43. The highest BCUT2D eigenvalue weighted by Gasteiger charge is 2.28. The van der Waals surface area contributed by atoms with Crippen LogP contribution < -0.4 is 14.8 Å². The van der Waals surface area contributed by atoms with E-state index < -0.39 is 17.6 Å². The van der Waals surface area contributed by atoms with Crippen LogP contribution in [0.2, 0.25) is 0 Å². The van der Waals surface area contributed by atoms with E-state index in [2.05, 4.69) is 22.5 Å². The van der Waals surface area contributed by atoms with Gasteiger partial charge in [-0.3, -0.25) is 14.2 Å². The van der Waals surface area contributed by atoms with Gasteiger partial charge in [-0.1, -0.05) is 28.6 Å². The standard InChI is InChI=1S/C16H12BrNO4S/c1-7(16(21)22)18-8(2)23-14(15(18)20)13-11-6-10(17)4-3-9(11)5-12(13)19/h3-4,6-7H,2,5H2,1H3,(H,21,22)/b14-13-. The lowest BCUT2D eigenvalue weighted by atomic mass is 10.1. The highest BCUT2D eigenvalue weighted by molar-refractivity contribution is 9.10. The van der Waals surface area contributed by atoms with Gasteiger partial charge in [-0.15, -0.1) is 11.3 Å². The molecule has 2 aromatic rings. The second-order valence-corrected chi connectivity index (χ2v) is 7.29. The van der Waals surface area contributed by atoms with Gasteiger partial charge in [0.2, 0.25) is 0 Å². The summed E-state index contributed by atoms with van der Waals surface area (Å²) in [6.07, 6.45) is 0.246. The minimum Gasteiger partial charge on any atom is -0.480 e. The van der Waals surface area contributed by atoms with Gasteiger partial charge in [0.05, 0.1) is 4.66 Å². The van der Waals surface area contributed by atoms with E-state index in [1.807, 2.05) is 18.2 Å². The average Bonchev–Trinajstić information content (AvgIpc) is 2.94. The van der Waals surface area contributed by atoms with Gasteiger partial charge in [-0.25, -0.2) is 4.79 Å². The first-order chi connectivity index (χ1) is 10.8. The SMILES string of the molecule is C=c1s/c(=C2\C(=O)Cc3ccc(Br)cc32)c(=O)n1C(C)C(=O)O. The second kappa shape index (κ2) is 5.58. The van der Waals surface area contributed by atoms with Gasteiger partial charge >= 0.3 is 5.97 Å². The molecule has 1 unspecified atom stereocenters. The van der Waals surface area contributed by atoms with Crippen LogP contribution in [0.15, 0.2) is 27.5 Å². The predicted molar refractivity (Wildman–Crippen MR) is 91.1 cm³/mol. The molecular weight excluding hydrogens is 382 g/mol. The number of aliphatic carboxylic acids is 1. The second-order valence-electron chi connectivity index (χ2n) is 5.29. The van der Waals surface area contributed by atoms with Gasteiger partial charge in [-0.2, -0.15) is 0 Å². The number of rotatable bonds is 2. The number of carbonyl (C=O) groups is 2. The molecular formula is C16H12BrNO4S. The number of thiazole rings is 1. The first kappa shape index (κ1) is 15.9. The third-order valence-corrected chi connectivity index (χ3v) is 5.35. The maximum Gasteiger partial charge on any atom is 0.326 e. The number of carbonyl (C=O) groups excluding carboxylic acids is 1. The Labute approximate surface area is 143 Å². The average molecular weight is 394 g/mol. The lowest BCUT2D eigenvalue weighted by Gasteiger charge is -2.06. The molecule has 1 heterocycles. The van der Waals surface area contributed by atoms with Gasteiger partial charge in [0.1, 0.15) is 10.6 Å². The normalized spacial score (nSPS) is 17.2. The molecule has 0 fully saturated rings. The molecule has 0 bridgehead atoms. The van der Waals surface area contributed by atoms with Crippen LogP contribution in [0.3, 0.4) is 0 Å².